The van der Waals surface area contributed by atoms with Gasteiger partial charge < -0.3 is 21.3 Å². The first-order valence-corrected chi connectivity index (χ1v) is 12.3. The smallest absolute Gasteiger partial charge is 0.255 e. The number of pyridine rings is 1. The number of rotatable bonds is 6. The summed E-state index contributed by atoms with van der Waals surface area (Å²) in [6.45, 7) is 4.17. The second kappa shape index (κ2) is 10.8. The number of aromatic nitrogens is 2. The highest BCUT2D eigenvalue weighted by molar-refractivity contribution is 7.21. The SMILES string of the molecule is N/N=C(\NN)c1cccc(C(=O)Nc2ccccc2-c2nc3cc(CN4CCOCC4)cnc3s2)c1. The molecule has 2 aromatic carbocycles. The number of hydrazine groups is 1. The molecule has 2 aromatic heterocycles. The summed E-state index contributed by atoms with van der Waals surface area (Å²) in [6.07, 6.45) is 1.91. The molecule has 1 aliphatic rings. The molecule has 0 bridgehead atoms. The van der Waals surface area contributed by atoms with Gasteiger partial charge in [0.15, 0.2) is 5.84 Å². The van der Waals surface area contributed by atoms with E-state index in [1.165, 1.54) is 11.3 Å². The number of nitrogens with zero attached hydrogens (tertiary/aromatic N) is 4. The third-order valence-corrected chi connectivity index (χ3v) is 6.90. The molecule has 0 aliphatic carbocycles. The van der Waals surface area contributed by atoms with Crippen molar-refractivity contribution in [3.8, 4) is 10.6 Å². The number of nitrogens with one attached hydrogen (secondary N) is 2. The molecular weight excluding hydrogens is 476 g/mol. The number of nitrogens with two attached hydrogens (primary N) is 2. The first kappa shape index (κ1) is 23.8. The van der Waals surface area contributed by atoms with Gasteiger partial charge in [-0.15, -0.1) is 0 Å². The van der Waals surface area contributed by atoms with Crippen molar-refractivity contribution in [2.24, 2.45) is 16.8 Å². The Bertz CT molecular complexity index is 1410. The van der Waals surface area contributed by atoms with E-state index in [0.717, 1.165) is 59.3 Å². The molecule has 0 unspecified atom stereocenters. The summed E-state index contributed by atoms with van der Waals surface area (Å²) in [6, 6.07) is 16.6. The van der Waals surface area contributed by atoms with Gasteiger partial charge in [-0.1, -0.05) is 35.6 Å². The minimum atomic E-state index is -0.273. The van der Waals surface area contributed by atoms with Crippen LogP contribution in [0, 0.1) is 0 Å². The van der Waals surface area contributed by atoms with Gasteiger partial charge in [-0.25, -0.2) is 15.8 Å². The number of para-hydroxylation sites is 1. The van der Waals surface area contributed by atoms with Crippen molar-refractivity contribution in [3.63, 3.8) is 0 Å². The first-order valence-electron chi connectivity index (χ1n) is 11.5. The van der Waals surface area contributed by atoms with Crippen LogP contribution in [0.1, 0.15) is 21.5 Å². The number of ether oxygens (including phenoxy) is 1. The van der Waals surface area contributed by atoms with E-state index < -0.39 is 0 Å². The number of hydrogen-bond donors (Lipinski definition) is 4. The third-order valence-electron chi connectivity index (χ3n) is 5.88. The van der Waals surface area contributed by atoms with Crippen LogP contribution in [-0.2, 0) is 11.3 Å². The Balaban J connectivity index is 1.39. The molecule has 1 amide bonds. The molecule has 10 nitrogen and oxygen atoms in total. The van der Waals surface area contributed by atoms with E-state index in [1.54, 1.807) is 24.3 Å². The van der Waals surface area contributed by atoms with Gasteiger partial charge in [0.05, 0.1) is 18.9 Å². The van der Waals surface area contributed by atoms with Crippen LogP contribution >= 0.6 is 11.3 Å². The lowest BCUT2D eigenvalue weighted by atomic mass is 10.1. The van der Waals surface area contributed by atoms with Crippen LogP contribution in [0.25, 0.3) is 20.9 Å². The number of carbonyl (C=O) groups excluding carboxylic acids is 1. The maximum atomic E-state index is 13.1. The van der Waals surface area contributed by atoms with Gasteiger partial charge in [0.1, 0.15) is 15.4 Å². The Morgan fingerprint density at radius 1 is 1.11 bits per heavy atom. The monoisotopic (exact) mass is 502 g/mol. The molecule has 5 rings (SSSR count). The van der Waals surface area contributed by atoms with Crippen molar-refractivity contribution in [1.82, 2.24) is 20.3 Å². The summed E-state index contributed by atoms with van der Waals surface area (Å²) in [7, 11) is 0. The largest absolute Gasteiger partial charge is 0.379 e. The highest BCUT2D eigenvalue weighted by Gasteiger charge is 2.16. The second-order valence-electron chi connectivity index (χ2n) is 8.28. The zero-order valence-corrected chi connectivity index (χ0v) is 20.3. The van der Waals surface area contributed by atoms with Crippen molar-refractivity contribution in [1.29, 1.82) is 0 Å². The number of amidine groups is 1. The van der Waals surface area contributed by atoms with Gasteiger partial charge >= 0.3 is 0 Å². The lowest BCUT2D eigenvalue weighted by Crippen LogP contribution is -2.35. The third kappa shape index (κ3) is 5.19. The van der Waals surface area contributed by atoms with E-state index in [2.05, 4.69) is 31.8 Å². The van der Waals surface area contributed by atoms with Crippen LogP contribution in [0.4, 0.5) is 5.69 Å². The van der Waals surface area contributed by atoms with Gasteiger partial charge in [-0.2, -0.15) is 5.10 Å². The number of hydrogen-bond acceptors (Lipinski definition) is 9. The van der Waals surface area contributed by atoms with E-state index in [1.807, 2.05) is 30.5 Å². The number of hydrazone groups is 1. The molecule has 0 saturated carbocycles. The molecule has 36 heavy (non-hydrogen) atoms. The highest BCUT2D eigenvalue weighted by Crippen LogP contribution is 2.34. The number of thiazole rings is 1. The summed E-state index contributed by atoms with van der Waals surface area (Å²) in [5, 5.41) is 7.39. The maximum Gasteiger partial charge on any atom is 0.255 e. The van der Waals surface area contributed by atoms with Crippen LogP contribution in [0.15, 0.2) is 65.9 Å². The predicted molar refractivity (Wildman–Crippen MR) is 141 cm³/mol. The fourth-order valence-corrected chi connectivity index (χ4v) is 4.99. The number of amides is 1. The Morgan fingerprint density at radius 2 is 1.92 bits per heavy atom. The topological polar surface area (TPSA) is 144 Å². The normalized spacial score (nSPS) is 14.6. The quantitative estimate of drug-likeness (QED) is 0.136. The van der Waals surface area contributed by atoms with Crippen molar-refractivity contribution in [3.05, 3.63) is 77.5 Å². The zero-order valence-electron chi connectivity index (χ0n) is 19.5. The van der Waals surface area contributed by atoms with Crippen molar-refractivity contribution in [2.75, 3.05) is 31.6 Å². The van der Waals surface area contributed by atoms with Crippen LogP contribution < -0.4 is 22.4 Å². The summed E-state index contributed by atoms with van der Waals surface area (Å²) in [5.74, 6) is 10.8. The number of morpholine rings is 1. The van der Waals surface area contributed by atoms with Crippen LogP contribution in [0.3, 0.4) is 0 Å². The van der Waals surface area contributed by atoms with Crippen molar-refractivity contribution in [2.45, 2.75) is 6.54 Å². The number of fused-ring (bicyclic) bond motifs is 1. The van der Waals surface area contributed by atoms with E-state index in [0.29, 0.717) is 16.8 Å². The lowest BCUT2D eigenvalue weighted by molar-refractivity contribution is 0.0341. The molecular formula is C25H26N8O2S. The first-order chi connectivity index (χ1) is 17.6. The molecule has 11 heteroatoms. The summed E-state index contributed by atoms with van der Waals surface area (Å²) in [5.41, 5.74) is 6.92. The van der Waals surface area contributed by atoms with Crippen LogP contribution in [0.2, 0.25) is 0 Å². The zero-order chi connectivity index (χ0) is 24.9. The Morgan fingerprint density at radius 3 is 2.72 bits per heavy atom. The minimum absolute atomic E-state index is 0.273. The molecule has 0 atom stereocenters. The van der Waals surface area contributed by atoms with E-state index in [-0.39, 0.29) is 11.7 Å². The molecule has 0 radical (unpaired) electrons. The highest BCUT2D eigenvalue weighted by atomic mass is 32.1. The Labute approximate surface area is 212 Å². The fraction of sp³-hybridized carbons (Fsp3) is 0.200. The molecule has 1 saturated heterocycles. The molecule has 1 aliphatic heterocycles. The number of anilines is 1. The molecule has 4 aromatic rings. The van der Waals surface area contributed by atoms with Gasteiger partial charge in [-0.05, 0) is 35.9 Å². The lowest BCUT2D eigenvalue weighted by Gasteiger charge is -2.26. The summed E-state index contributed by atoms with van der Waals surface area (Å²) in [4.78, 5) is 25.8. The average Bonchev–Trinajstić information content (AvgIpc) is 3.34. The van der Waals surface area contributed by atoms with Crippen LogP contribution in [-0.4, -0.2) is 52.9 Å². The summed E-state index contributed by atoms with van der Waals surface area (Å²) >= 11 is 1.50. The molecule has 0 spiro atoms. The number of benzene rings is 2. The van der Waals surface area contributed by atoms with E-state index in [9.17, 15) is 4.79 Å². The van der Waals surface area contributed by atoms with Gasteiger partial charge in [0, 0.05) is 42.5 Å². The summed E-state index contributed by atoms with van der Waals surface area (Å²) < 4.78 is 5.44. The Kier molecular flexibility index (Phi) is 7.14. The number of carbonyl (C=O) groups is 1. The predicted octanol–water partition coefficient (Wildman–Crippen LogP) is 2.53. The van der Waals surface area contributed by atoms with Crippen LogP contribution in [0.5, 0.6) is 0 Å². The molecule has 1 fully saturated rings. The van der Waals surface area contributed by atoms with Crippen molar-refractivity contribution < 1.29 is 9.53 Å². The molecule has 184 valence electrons. The second-order valence-corrected chi connectivity index (χ2v) is 9.26. The molecule has 3 heterocycles. The maximum absolute atomic E-state index is 13.1. The standard InChI is InChI=1S/C25H26N8O2S/c26-31-22(32-27)17-4-3-5-18(13-17)23(34)29-20-7-2-1-6-19(20)24-30-21-12-16(14-28-25(21)36-24)15-33-8-10-35-11-9-33/h1-7,12-14H,8-11,15,26-27H2,(H,29,34)(H,31,32). The minimum Gasteiger partial charge on any atom is -0.379 e. The average molecular weight is 503 g/mol. The van der Waals surface area contributed by atoms with Crippen molar-refractivity contribution >= 4 is 39.1 Å². The van der Waals surface area contributed by atoms with Gasteiger partial charge in [0.25, 0.3) is 5.91 Å². The Hall–Kier alpha value is -3.90. The fourth-order valence-electron chi connectivity index (χ4n) is 4.06. The van der Waals surface area contributed by atoms with E-state index >= 15 is 0 Å². The molecule has 6 N–H and O–H groups in total. The van der Waals surface area contributed by atoms with E-state index in [4.69, 9.17) is 21.4 Å². The van der Waals surface area contributed by atoms with Gasteiger partial charge in [-0.3, -0.25) is 9.69 Å². The van der Waals surface area contributed by atoms with Gasteiger partial charge in [0.2, 0.25) is 0 Å².